The monoisotopic (exact) mass is 260 g/mol. The number of benzene rings is 1. The molecule has 0 amide bonds. The Kier molecular flexibility index (Phi) is 2.84. The van der Waals surface area contributed by atoms with Gasteiger partial charge >= 0.3 is 0 Å². The fourth-order valence-electron chi connectivity index (χ4n) is 1.98. The highest BCUT2D eigenvalue weighted by Gasteiger charge is 2.16. The van der Waals surface area contributed by atoms with Crippen molar-refractivity contribution in [2.45, 2.75) is 0 Å². The highest BCUT2D eigenvalue weighted by molar-refractivity contribution is 5.79. The van der Waals surface area contributed by atoms with E-state index in [1.165, 1.54) is 0 Å². The van der Waals surface area contributed by atoms with Crippen molar-refractivity contribution in [3.8, 4) is 34.8 Å². The summed E-state index contributed by atoms with van der Waals surface area (Å²) in [6.45, 7) is 0. The first-order valence-electron chi connectivity index (χ1n) is 5.90. The van der Waals surface area contributed by atoms with Crippen molar-refractivity contribution in [1.29, 1.82) is 10.5 Å². The summed E-state index contributed by atoms with van der Waals surface area (Å²) < 4.78 is 10.8. The summed E-state index contributed by atoms with van der Waals surface area (Å²) in [6.07, 6.45) is 1.55. The number of nitriles is 2. The van der Waals surface area contributed by atoms with E-state index < -0.39 is 0 Å². The summed E-state index contributed by atoms with van der Waals surface area (Å²) in [5.74, 6) is 1.29. The van der Waals surface area contributed by atoms with Gasteiger partial charge in [-0.05, 0) is 29.8 Å². The summed E-state index contributed by atoms with van der Waals surface area (Å²) in [6, 6.07) is 16.3. The van der Waals surface area contributed by atoms with Crippen LogP contribution in [0.3, 0.4) is 0 Å². The van der Waals surface area contributed by atoms with E-state index in [0.717, 1.165) is 11.1 Å². The van der Waals surface area contributed by atoms with E-state index in [9.17, 15) is 0 Å². The van der Waals surface area contributed by atoms with Gasteiger partial charge in [-0.1, -0.05) is 12.1 Å². The van der Waals surface area contributed by atoms with Crippen LogP contribution in [0.4, 0.5) is 0 Å². The normalized spacial score (nSPS) is 9.90. The molecular weight excluding hydrogens is 252 g/mol. The van der Waals surface area contributed by atoms with Crippen LogP contribution in [0, 0.1) is 22.7 Å². The maximum Gasteiger partial charge on any atom is 0.205 e. The van der Waals surface area contributed by atoms with Crippen molar-refractivity contribution in [3.63, 3.8) is 0 Å². The second-order valence-corrected chi connectivity index (χ2v) is 4.13. The fourth-order valence-corrected chi connectivity index (χ4v) is 1.98. The molecule has 3 rings (SSSR count). The quantitative estimate of drug-likeness (QED) is 0.699. The van der Waals surface area contributed by atoms with E-state index in [1.54, 1.807) is 36.6 Å². The number of hydrogen-bond acceptors (Lipinski definition) is 4. The van der Waals surface area contributed by atoms with Crippen molar-refractivity contribution in [2.24, 2.45) is 0 Å². The third-order valence-corrected chi connectivity index (χ3v) is 2.91. The molecule has 4 heteroatoms. The van der Waals surface area contributed by atoms with E-state index >= 15 is 0 Å². The van der Waals surface area contributed by atoms with Crippen LogP contribution in [-0.4, -0.2) is 0 Å². The predicted molar refractivity (Wildman–Crippen MR) is 71.3 cm³/mol. The van der Waals surface area contributed by atoms with Crippen LogP contribution in [-0.2, 0) is 0 Å². The zero-order valence-electron chi connectivity index (χ0n) is 10.3. The molecule has 0 aliphatic heterocycles. The molecule has 0 saturated carbocycles. The van der Waals surface area contributed by atoms with Gasteiger partial charge in [0.15, 0.2) is 11.5 Å². The van der Waals surface area contributed by atoms with Crippen LogP contribution < -0.4 is 0 Å². The minimum absolute atomic E-state index is 0.218. The van der Waals surface area contributed by atoms with Gasteiger partial charge in [0, 0.05) is 11.6 Å². The third-order valence-electron chi connectivity index (χ3n) is 2.91. The van der Waals surface area contributed by atoms with Gasteiger partial charge in [-0.15, -0.1) is 0 Å². The van der Waals surface area contributed by atoms with Gasteiger partial charge in [-0.25, -0.2) is 0 Å². The summed E-state index contributed by atoms with van der Waals surface area (Å²) >= 11 is 0. The Hall–Kier alpha value is -3.24. The van der Waals surface area contributed by atoms with Gasteiger partial charge in [0.1, 0.15) is 6.07 Å². The van der Waals surface area contributed by atoms with Gasteiger partial charge in [-0.2, -0.15) is 10.5 Å². The van der Waals surface area contributed by atoms with E-state index in [-0.39, 0.29) is 5.76 Å². The molecule has 2 aromatic heterocycles. The number of rotatable bonds is 2. The Morgan fingerprint density at radius 1 is 0.950 bits per heavy atom. The SMILES string of the molecule is N#Cc1ccc(-c2cc(C#N)oc2-c2ccco2)cc1. The summed E-state index contributed by atoms with van der Waals surface area (Å²) in [5.41, 5.74) is 2.21. The first-order valence-corrected chi connectivity index (χ1v) is 5.90. The second kappa shape index (κ2) is 4.79. The van der Waals surface area contributed by atoms with Gasteiger partial charge in [0.05, 0.1) is 17.9 Å². The lowest BCUT2D eigenvalue weighted by Gasteiger charge is -2.00. The lowest BCUT2D eigenvalue weighted by Crippen LogP contribution is -1.79. The molecule has 0 aliphatic rings. The average molecular weight is 260 g/mol. The van der Waals surface area contributed by atoms with Gasteiger partial charge < -0.3 is 8.83 Å². The smallest absolute Gasteiger partial charge is 0.205 e. The molecule has 0 fully saturated rings. The predicted octanol–water partition coefficient (Wildman–Crippen LogP) is 3.95. The maximum absolute atomic E-state index is 8.98. The molecule has 2 heterocycles. The Morgan fingerprint density at radius 2 is 1.75 bits per heavy atom. The summed E-state index contributed by atoms with van der Waals surface area (Å²) in [5, 5.41) is 17.8. The van der Waals surface area contributed by atoms with Crippen LogP contribution in [0.15, 0.2) is 57.6 Å². The first kappa shape index (κ1) is 11.8. The Bertz CT molecular complexity index is 813. The number of hydrogen-bond donors (Lipinski definition) is 0. The fraction of sp³-hybridized carbons (Fsp3) is 0. The lowest BCUT2D eigenvalue weighted by atomic mass is 10.0. The Balaban J connectivity index is 2.15. The Morgan fingerprint density at radius 3 is 2.35 bits per heavy atom. The minimum atomic E-state index is 0.218. The van der Waals surface area contributed by atoms with Crippen LogP contribution in [0.5, 0.6) is 0 Å². The van der Waals surface area contributed by atoms with Crippen molar-refractivity contribution < 1.29 is 8.83 Å². The summed E-state index contributed by atoms with van der Waals surface area (Å²) in [7, 11) is 0. The van der Waals surface area contributed by atoms with Crippen molar-refractivity contribution >= 4 is 0 Å². The van der Waals surface area contributed by atoms with Crippen LogP contribution >= 0.6 is 0 Å². The molecule has 0 spiro atoms. The summed E-state index contributed by atoms with van der Waals surface area (Å²) in [4.78, 5) is 0. The molecule has 94 valence electrons. The standard InChI is InChI=1S/C16H8N2O2/c17-9-11-3-5-12(6-4-11)14-8-13(10-18)20-16(14)15-2-1-7-19-15/h1-8H. The molecule has 3 aromatic rings. The number of nitrogens with zero attached hydrogens (tertiary/aromatic N) is 2. The molecule has 20 heavy (non-hydrogen) atoms. The molecule has 0 atom stereocenters. The lowest BCUT2D eigenvalue weighted by molar-refractivity contribution is 0.518. The van der Waals surface area contributed by atoms with Crippen LogP contribution in [0.2, 0.25) is 0 Å². The zero-order valence-corrected chi connectivity index (χ0v) is 10.3. The molecule has 1 aromatic carbocycles. The molecule has 0 N–H and O–H groups in total. The van der Waals surface area contributed by atoms with Crippen molar-refractivity contribution in [3.05, 3.63) is 60.1 Å². The van der Waals surface area contributed by atoms with Crippen molar-refractivity contribution in [2.75, 3.05) is 0 Å². The third kappa shape index (κ3) is 1.96. The topological polar surface area (TPSA) is 73.9 Å². The largest absolute Gasteiger partial charge is 0.461 e. The van der Waals surface area contributed by atoms with Gasteiger partial charge in [0.25, 0.3) is 0 Å². The molecule has 0 bridgehead atoms. The maximum atomic E-state index is 8.98. The first-order chi connectivity index (χ1) is 9.81. The molecule has 4 nitrogen and oxygen atoms in total. The van der Waals surface area contributed by atoms with Gasteiger partial charge in [0.2, 0.25) is 5.76 Å². The molecule has 0 aliphatic carbocycles. The molecule has 0 saturated heterocycles. The van der Waals surface area contributed by atoms with E-state index in [2.05, 4.69) is 6.07 Å². The molecule has 0 radical (unpaired) electrons. The average Bonchev–Trinajstić information content (AvgIpc) is 3.16. The van der Waals surface area contributed by atoms with E-state index in [4.69, 9.17) is 19.4 Å². The molecular formula is C16H8N2O2. The number of furan rings is 2. The molecule has 0 unspecified atom stereocenters. The van der Waals surface area contributed by atoms with Crippen LogP contribution in [0.1, 0.15) is 11.3 Å². The van der Waals surface area contributed by atoms with Crippen molar-refractivity contribution in [1.82, 2.24) is 0 Å². The van der Waals surface area contributed by atoms with E-state index in [0.29, 0.717) is 17.1 Å². The van der Waals surface area contributed by atoms with Gasteiger partial charge in [-0.3, -0.25) is 0 Å². The second-order valence-electron chi connectivity index (χ2n) is 4.13. The highest BCUT2D eigenvalue weighted by atomic mass is 16.4. The van der Waals surface area contributed by atoms with E-state index in [1.807, 2.05) is 18.2 Å². The highest BCUT2D eigenvalue weighted by Crippen LogP contribution is 2.35. The minimum Gasteiger partial charge on any atom is -0.461 e. The van der Waals surface area contributed by atoms with Crippen LogP contribution in [0.25, 0.3) is 22.6 Å². The zero-order chi connectivity index (χ0) is 13.9. The Labute approximate surface area is 115 Å².